The molecule has 0 aliphatic rings. The molecule has 0 atom stereocenters. The molecule has 1 N–H and O–H groups in total. The van der Waals surface area contributed by atoms with E-state index in [2.05, 4.69) is 29.5 Å². The average Bonchev–Trinajstić information content (AvgIpc) is 3.17. The van der Waals surface area contributed by atoms with Gasteiger partial charge in [-0.15, -0.1) is 5.10 Å². The van der Waals surface area contributed by atoms with E-state index in [4.69, 9.17) is 9.47 Å². The van der Waals surface area contributed by atoms with Crippen LogP contribution in [0, 0.1) is 0 Å². The van der Waals surface area contributed by atoms with Gasteiger partial charge in [0.1, 0.15) is 11.5 Å². The zero-order valence-electron chi connectivity index (χ0n) is 15.5. The molecule has 1 amide bonds. The summed E-state index contributed by atoms with van der Waals surface area (Å²) in [5.74, 6) is 1.28. The molecule has 3 aromatic rings. The van der Waals surface area contributed by atoms with Crippen LogP contribution in [0.4, 0.5) is 5.69 Å². The second-order valence-corrected chi connectivity index (χ2v) is 6.29. The number of nitrogens with zero attached hydrogens (tertiary/aromatic N) is 3. The fraction of sp³-hybridized carbons (Fsp3) is 0.250. The summed E-state index contributed by atoms with van der Waals surface area (Å²) in [6, 6.07) is 14.6. The smallest absolute Gasteiger partial charge is 0.262 e. The van der Waals surface area contributed by atoms with E-state index in [9.17, 15) is 4.79 Å². The summed E-state index contributed by atoms with van der Waals surface area (Å²) in [7, 11) is 1.58. The minimum absolute atomic E-state index is 0.0992. The lowest BCUT2D eigenvalue weighted by Gasteiger charge is -2.11. The van der Waals surface area contributed by atoms with E-state index >= 15 is 0 Å². The average molecular weight is 366 g/mol. The molecule has 1 heterocycles. The van der Waals surface area contributed by atoms with Crippen LogP contribution in [0.1, 0.15) is 25.5 Å². The van der Waals surface area contributed by atoms with E-state index in [1.165, 1.54) is 0 Å². The van der Waals surface area contributed by atoms with E-state index in [0.717, 1.165) is 11.4 Å². The van der Waals surface area contributed by atoms with Crippen molar-refractivity contribution in [1.29, 1.82) is 0 Å². The standard InChI is InChI=1S/C20H22N4O3/c1-14(2)19-12-21-23-24(19)16-7-4-6-15(10-16)22-20(25)13-27-18-9-5-8-17(11-18)26-3/h4-12,14H,13H2,1-3H3,(H,22,25). The molecular formula is C20H22N4O3. The van der Waals surface area contributed by atoms with Crippen molar-refractivity contribution in [3.05, 3.63) is 60.4 Å². The van der Waals surface area contributed by atoms with Crippen molar-refractivity contribution >= 4 is 11.6 Å². The lowest BCUT2D eigenvalue weighted by atomic mass is 10.1. The predicted octanol–water partition coefficient (Wildman–Crippen LogP) is 3.42. The Hall–Kier alpha value is -3.35. The molecule has 1 aromatic heterocycles. The summed E-state index contributed by atoms with van der Waals surface area (Å²) in [5, 5.41) is 11.0. The second-order valence-electron chi connectivity index (χ2n) is 6.29. The zero-order chi connectivity index (χ0) is 19.2. The number of ether oxygens (including phenoxy) is 2. The Kier molecular flexibility index (Phi) is 5.71. The van der Waals surface area contributed by atoms with Gasteiger partial charge in [0.25, 0.3) is 5.91 Å². The van der Waals surface area contributed by atoms with E-state index in [1.54, 1.807) is 36.2 Å². The SMILES string of the molecule is COc1cccc(OCC(=O)Nc2cccc(-n3nncc3C(C)C)c2)c1. The van der Waals surface area contributed by atoms with Crippen LogP contribution < -0.4 is 14.8 Å². The summed E-state index contributed by atoms with van der Waals surface area (Å²) in [4.78, 5) is 12.2. The second kappa shape index (κ2) is 8.35. The highest BCUT2D eigenvalue weighted by Gasteiger charge is 2.11. The first-order valence-electron chi connectivity index (χ1n) is 8.64. The summed E-state index contributed by atoms with van der Waals surface area (Å²) < 4.78 is 12.4. The van der Waals surface area contributed by atoms with Crippen molar-refractivity contribution in [2.24, 2.45) is 0 Å². The molecule has 0 saturated heterocycles. The lowest BCUT2D eigenvalue weighted by molar-refractivity contribution is -0.118. The van der Waals surface area contributed by atoms with Crippen molar-refractivity contribution in [3.8, 4) is 17.2 Å². The van der Waals surface area contributed by atoms with E-state index in [0.29, 0.717) is 17.2 Å². The van der Waals surface area contributed by atoms with Gasteiger partial charge in [-0.1, -0.05) is 31.2 Å². The van der Waals surface area contributed by atoms with E-state index in [1.807, 2.05) is 30.3 Å². The van der Waals surface area contributed by atoms with Crippen LogP contribution in [0.5, 0.6) is 11.5 Å². The summed E-state index contributed by atoms with van der Waals surface area (Å²) in [6.07, 6.45) is 1.75. The third kappa shape index (κ3) is 4.63. The molecule has 140 valence electrons. The van der Waals surface area contributed by atoms with Crippen molar-refractivity contribution in [2.75, 3.05) is 19.0 Å². The number of methoxy groups -OCH3 is 1. The van der Waals surface area contributed by atoms with Crippen LogP contribution in [-0.4, -0.2) is 34.6 Å². The number of carbonyl (C=O) groups is 1. The predicted molar refractivity (Wildman–Crippen MR) is 103 cm³/mol. The van der Waals surface area contributed by atoms with Crippen molar-refractivity contribution < 1.29 is 14.3 Å². The molecule has 27 heavy (non-hydrogen) atoms. The van der Waals surface area contributed by atoms with Gasteiger partial charge in [-0.25, -0.2) is 4.68 Å². The van der Waals surface area contributed by atoms with Crippen LogP contribution in [0.25, 0.3) is 5.69 Å². The Morgan fingerprint density at radius 3 is 2.70 bits per heavy atom. The third-order valence-electron chi connectivity index (χ3n) is 3.95. The summed E-state index contributed by atoms with van der Waals surface area (Å²) in [6.45, 7) is 4.06. The molecule has 7 nitrogen and oxygen atoms in total. The Bertz CT molecular complexity index is 921. The molecular weight excluding hydrogens is 344 g/mol. The number of carbonyl (C=O) groups excluding carboxylic acids is 1. The number of amides is 1. The van der Waals surface area contributed by atoms with Crippen LogP contribution in [0.15, 0.2) is 54.7 Å². The first-order chi connectivity index (χ1) is 13.1. The lowest BCUT2D eigenvalue weighted by Crippen LogP contribution is -2.20. The number of anilines is 1. The molecule has 0 aliphatic heterocycles. The van der Waals surface area contributed by atoms with Crippen LogP contribution in [-0.2, 0) is 4.79 Å². The van der Waals surface area contributed by atoms with Gasteiger partial charge in [-0.3, -0.25) is 4.79 Å². The highest BCUT2D eigenvalue weighted by Crippen LogP contribution is 2.21. The number of rotatable bonds is 7. The summed E-state index contributed by atoms with van der Waals surface area (Å²) >= 11 is 0. The molecule has 0 unspecified atom stereocenters. The number of nitrogens with one attached hydrogen (secondary N) is 1. The molecule has 0 fully saturated rings. The Labute approximate surface area is 157 Å². The van der Waals surface area contributed by atoms with Gasteiger partial charge < -0.3 is 14.8 Å². The van der Waals surface area contributed by atoms with Crippen molar-refractivity contribution in [1.82, 2.24) is 15.0 Å². The maximum Gasteiger partial charge on any atom is 0.262 e. The maximum absolute atomic E-state index is 12.2. The van der Waals surface area contributed by atoms with Gasteiger partial charge >= 0.3 is 0 Å². The maximum atomic E-state index is 12.2. The molecule has 7 heteroatoms. The number of hydrogen-bond donors (Lipinski definition) is 1. The van der Waals surface area contributed by atoms with Crippen LogP contribution in [0.3, 0.4) is 0 Å². The zero-order valence-corrected chi connectivity index (χ0v) is 15.5. The van der Waals surface area contributed by atoms with Gasteiger partial charge in [0, 0.05) is 11.8 Å². The minimum atomic E-state index is -0.252. The first-order valence-corrected chi connectivity index (χ1v) is 8.64. The van der Waals surface area contributed by atoms with E-state index in [-0.39, 0.29) is 18.4 Å². The number of benzene rings is 2. The number of hydrogen-bond acceptors (Lipinski definition) is 5. The molecule has 0 saturated carbocycles. The molecule has 2 aromatic carbocycles. The van der Waals surface area contributed by atoms with Gasteiger partial charge in [-0.05, 0) is 36.2 Å². The Morgan fingerprint density at radius 1 is 1.15 bits per heavy atom. The summed E-state index contributed by atoms with van der Waals surface area (Å²) in [5.41, 5.74) is 2.50. The van der Waals surface area contributed by atoms with E-state index < -0.39 is 0 Å². The molecule has 0 radical (unpaired) electrons. The van der Waals surface area contributed by atoms with Crippen molar-refractivity contribution in [2.45, 2.75) is 19.8 Å². The van der Waals surface area contributed by atoms with Crippen molar-refractivity contribution in [3.63, 3.8) is 0 Å². The quantitative estimate of drug-likeness (QED) is 0.693. The monoisotopic (exact) mass is 366 g/mol. The molecule has 0 spiro atoms. The highest BCUT2D eigenvalue weighted by atomic mass is 16.5. The topological polar surface area (TPSA) is 78.3 Å². The first kappa shape index (κ1) is 18.4. The normalized spacial score (nSPS) is 10.7. The van der Waals surface area contributed by atoms with Gasteiger partial charge in [0.05, 0.1) is 24.7 Å². The fourth-order valence-electron chi connectivity index (χ4n) is 2.59. The largest absolute Gasteiger partial charge is 0.497 e. The Morgan fingerprint density at radius 2 is 1.93 bits per heavy atom. The highest BCUT2D eigenvalue weighted by molar-refractivity contribution is 5.92. The Balaban J connectivity index is 1.65. The molecule has 3 rings (SSSR count). The number of aromatic nitrogens is 3. The van der Waals surface area contributed by atoms with Gasteiger partial charge in [0.2, 0.25) is 0 Å². The molecule has 0 bridgehead atoms. The minimum Gasteiger partial charge on any atom is -0.497 e. The fourth-order valence-corrected chi connectivity index (χ4v) is 2.59. The van der Waals surface area contributed by atoms with Gasteiger partial charge in [-0.2, -0.15) is 0 Å². The van der Waals surface area contributed by atoms with Gasteiger partial charge in [0.15, 0.2) is 6.61 Å². The third-order valence-corrected chi connectivity index (χ3v) is 3.95. The van der Waals surface area contributed by atoms with Crippen LogP contribution in [0.2, 0.25) is 0 Å². The van der Waals surface area contributed by atoms with Crippen LogP contribution >= 0.6 is 0 Å². The molecule has 0 aliphatic carbocycles.